The molecule has 12 heteroatoms. The summed E-state index contributed by atoms with van der Waals surface area (Å²) in [5.74, 6) is -0.489. The number of sulfonamides is 1. The number of pyridine rings is 1. The van der Waals surface area contributed by atoms with E-state index in [-0.39, 0.29) is 36.8 Å². The van der Waals surface area contributed by atoms with Gasteiger partial charge in [-0.3, -0.25) is 9.78 Å². The first kappa shape index (κ1) is 19.3. The van der Waals surface area contributed by atoms with Crippen LogP contribution in [0.15, 0.2) is 35.9 Å². The zero-order chi connectivity index (χ0) is 19.7. The number of halogens is 3. The predicted octanol–water partition coefficient (Wildman–Crippen LogP) is 1.36. The SMILES string of the molecule is O=C(c1ccc(C(F)(F)F)nc1)N1CCCN(S(=O)(=O)c2cnc[nH]2)CC1. The van der Waals surface area contributed by atoms with Gasteiger partial charge in [0.2, 0.25) is 0 Å². The number of hydrogen-bond acceptors (Lipinski definition) is 5. The zero-order valence-corrected chi connectivity index (χ0v) is 14.8. The lowest BCUT2D eigenvalue weighted by atomic mass is 10.2. The van der Waals surface area contributed by atoms with E-state index in [0.29, 0.717) is 6.42 Å². The van der Waals surface area contributed by atoms with Gasteiger partial charge < -0.3 is 9.88 Å². The fourth-order valence-electron chi connectivity index (χ4n) is 2.73. The number of nitrogens with one attached hydrogen (secondary N) is 1. The van der Waals surface area contributed by atoms with E-state index in [1.165, 1.54) is 21.7 Å². The van der Waals surface area contributed by atoms with E-state index in [4.69, 9.17) is 0 Å². The Morgan fingerprint density at radius 2 is 1.89 bits per heavy atom. The van der Waals surface area contributed by atoms with E-state index in [0.717, 1.165) is 18.3 Å². The van der Waals surface area contributed by atoms with E-state index < -0.39 is 27.8 Å². The van der Waals surface area contributed by atoms with Crippen molar-refractivity contribution in [1.29, 1.82) is 0 Å². The standard InChI is InChI=1S/C15H16F3N5O3S/c16-15(17,18)12-3-2-11(8-20-12)14(24)22-4-1-5-23(7-6-22)27(25,26)13-9-19-10-21-13/h2-3,8-10H,1,4-7H2,(H,19,21). The van der Waals surface area contributed by atoms with Crippen LogP contribution >= 0.6 is 0 Å². The maximum absolute atomic E-state index is 12.6. The topological polar surface area (TPSA) is 99.3 Å². The van der Waals surface area contributed by atoms with Gasteiger partial charge in [0.1, 0.15) is 5.69 Å². The van der Waals surface area contributed by atoms with Crippen molar-refractivity contribution in [3.63, 3.8) is 0 Å². The van der Waals surface area contributed by atoms with Gasteiger partial charge in [-0.15, -0.1) is 0 Å². The lowest BCUT2D eigenvalue weighted by molar-refractivity contribution is -0.141. The summed E-state index contributed by atoms with van der Waals surface area (Å²) in [7, 11) is -3.74. The molecule has 27 heavy (non-hydrogen) atoms. The number of alkyl halides is 3. The number of aromatic amines is 1. The number of aromatic nitrogens is 3. The molecule has 3 heterocycles. The Labute approximate surface area is 153 Å². The number of carbonyl (C=O) groups is 1. The molecule has 1 aliphatic rings. The summed E-state index contributed by atoms with van der Waals surface area (Å²) in [5.41, 5.74) is -1.06. The number of H-pyrrole nitrogens is 1. The average Bonchev–Trinajstić information content (AvgIpc) is 3.06. The van der Waals surface area contributed by atoms with Crippen molar-refractivity contribution >= 4 is 15.9 Å². The molecule has 0 atom stereocenters. The van der Waals surface area contributed by atoms with E-state index in [2.05, 4.69) is 15.0 Å². The van der Waals surface area contributed by atoms with Crippen LogP contribution in [0.2, 0.25) is 0 Å². The third kappa shape index (κ3) is 4.11. The number of nitrogens with zero attached hydrogens (tertiary/aromatic N) is 4. The molecule has 0 radical (unpaired) electrons. The number of rotatable bonds is 3. The Kier molecular flexibility index (Phi) is 5.20. The highest BCUT2D eigenvalue weighted by molar-refractivity contribution is 7.89. The number of hydrogen-bond donors (Lipinski definition) is 1. The van der Waals surface area contributed by atoms with Crippen LogP contribution in [0.1, 0.15) is 22.5 Å². The molecular weight excluding hydrogens is 387 g/mol. The molecule has 0 unspecified atom stereocenters. The molecule has 0 saturated carbocycles. The summed E-state index contributed by atoms with van der Waals surface area (Å²) in [6.07, 6.45) is -0.830. The Morgan fingerprint density at radius 1 is 1.11 bits per heavy atom. The summed E-state index contributed by atoms with van der Waals surface area (Å²) in [4.78, 5) is 23.5. The van der Waals surface area contributed by atoms with Crippen molar-refractivity contribution in [3.05, 3.63) is 42.1 Å². The highest BCUT2D eigenvalue weighted by atomic mass is 32.2. The van der Waals surface area contributed by atoms with Gasteiger partial charge in [0.05, 0.1) is 18.1 Å². The van der Waals surface area contributed by atoms with Crippen molar-refractivity contribution in [2.75, 3.05) is 26.2 Å². The second-order valence-corrected chi connectivity index (χ2v) is 7.80. The van der Waals surface area contributed by atoms with Crippen molar-refractivity contribution in [2.24, 2.45) is 0 Å². The Morgan fingerprint density at radius 3 is 2.48 bits per heavy atom. The van der Waals surface area contributed by atoms with Gasteiger partial charge in [0.25, 0.3) is 15.9 Å². The van der Waals surface area contributed by atoms with Crippen LogP contribution in [0.5, 0.6) is 0 Å². The van der Waals surface area contributed by atoms with Gasteiger partial charge in [-0.1, -0.05) is 0 Å². The molecule has 146 valence electrons. The van der Waals surface area contributed by atoms with Crippen molar-refractivity contribution < 1.29 is 26.4 Å². The Balaban J connectivity index is 1.70. The fourth-order valence-corrected chi connectivity index (χ4v) is 4.10. The van der Waals surface area contributed by atoms with Crippen LogP contribution in [0, 0.1) is 0 Å². The average molecular weight is 403 g/mol. The summed E-state index contributed by atoms with van der Waals surface area (Å²) >= 11 is 0. The molecule has 0 bridgehead atoms. The van der Waals surface area contributed by atoms with Crippen LogP contribution in [0.25, 0.3) is 0 Å². The number of carbonyl (C=O) groups excluding carboxylic acids is 1. The van der Waals surface area contributed by atoms with E-state index in [1.54, 1.807) is 0 Å². The quantitative estimate of drug-likeness (QED) is 0.834. The van der Waals surface area contributed by atoms with Gasteiger partial charge in [-0.05, 0) is 18.6 Å². The van der Waals surface area contributed by atoms with Crippen LogP contribution in [0.4, 0.5) is 13.2 Å². The summed E-state index contributed by atoms with van der Waals surface area (Å²) in [6, 6.07) is 1.82. The van der Waals surface area contributed by atoms with Crippen molar-refractivity contribution in [3.8, 4) is 0 Å². The Bertz CT molecular complexity index is 898. The lowest BCUT2D eigenvalue weighted by Crippen LogP contribution is -2.37. The molecule has 1 aliphatic heterocycles. The summed E-state index contributed by atoms with van der Waals surface area (Å²) in [6.45, 7) is 0.694. The first-order chi connectivity index (χ1) is 12.7. The molecule has 8 nitrogen and oxygen atoms in total. The molecule has 0 aromatic carbocycles. The van der Waals surface area contributed by atoms with Crippen LogP contribution in [-0.2, 0) is 16.2 Å². The second kappa shape index (κ2) is 7.27. The van der Waals surface area contributed by atoms with E-state index in [1.807, 2.05) is 0 Å². The van der Waals surface area contributed by atoms with Gasteiger partial charge in [0, 0.05) is 32.4 Å². The zero-order valence-electron chi connectivity index (χ0n) is 14.0. The summed E-state index contributed by atoms with van der Waals surface area (Å²) < 4.78 is 64.0. The minimum Gasteiger partial charge on any atom is -0.337 e. The fraction of sp³-hybridized carbons (Fsp3) is 0.400. The molecule has 2 aromatic rings. The second-order valence-electron chi connectivity index (χ2n) is 5.90. The molecule has 1 saturated heterocycles. The molecule has 0 aliphatic carbocycles. The monoisotopic (exact) mass is 403 g/mol. The van der Waals surface area contributed by atoms with Crippen LogP contribution < -0.4 is 0 Å². The van der Waals surface area contributed by atoms with Crippen molar-refractivity contribution in [2.45, 2.75) is 17.6 Å². The van der Waals surface area contributed by atoms with Gasteiger partial charge in [0.15, 0.2) is 5.03 Å². The van der Waals surface area contributed by atoms with Gasteiger partial charge >= 0.3 is 6.18 Å². The van der Waals surface area contributed by atoms with Crippen molar-refractivity contribution in [1.82, 2.24) is 24.2 Å². The maximum atomic E-state index is 12.6. The first-order valence-corrected chi connectivity index (χ1v) is 9.44. The maximum Gasteiger partial charge on any atom is 0.433 e. The van der Waals surface area contributed by atoms with Crippen LogP contribution in [-0.4, -0.2) is 64.7 Å². The van der Waals surface area contributed by atoms with Crippen LogP contribution in [0.3, 0.4) is 0 Å². The number of imidazole rings is 1. The molecule has 3 rings (SSSR count). The molecular formula is C15H16F3N5O3S. The van der Waals surface area contributed by atoms with Gasteiger partial charge in [-0.2, -0.15) is 17.5 Å². The summed E-state index contributed by atoms with van der Waals surface area (Å²) in [5, 5.41) is -0.0331. The third-order valence-electron chi connectivity index (χ3n) is 4.13. The minimum atomic E-state index is -4.58. The lowest BCUT2D eigenvalue weighted by Gasteiger charge is -2.21. The predicted molar refractivity (Wildman–Crippen MR) is 87.1 cm³/mol. The normalized spacial score (nSPS) is 16.9. The molecule has 1 N–H and O–H groups in total. The molecule has 1 fully saturated rings. The largest absolute Gasteiger partial charge is 0.433 e. The molecule has 2 aromatic heterocycles. The first-order valence-electron chi connectivity index (χ1n) is 8.00. The molecule has 0 spiro atoms. The third-order valence-corrected chi connectivity index (χ3v) is 5.96. The minimum absolute atomic E-state index is 0.0212. The smallest absolute Gasteiger partial charge is 0.337 e. The highest BCUT2D eigenvalue weighted by Gasteiger charge is 2.33. The van der Waals surface area contributed by atoms with E-state index >= 15 is 0 Å². The highest BCUT2D eigenvalue weighted by Crippen LogP contribution is 2.27. The molecule has 1 amide bonds. The van der Waals surface area contributed by atoms with Gasteiger partial charge in [-0.25, -0.2) is 13.4 Å². The van der Waals surface area contributed by atoms with E-state index in [9.17, 15) is 26.4 Å². The Hall–Kier alpha value is -2.47. The number of amides is 1.